The maximum atomic E-state index is 12.2. The number of nitrogens with one attached hydrogen (secondary N) is 2. The molecule has 1 unspecified atom stereocenters. The van der Waals surface area contributed by atoms with Gasteiger partial charge in [0.05, 0.1) is 11.7 Å². The van der Waals surface area contributed by atoms with Crippen LogP contribution in [0.2, 0.25) is 5.02 Å². The number of hydrogen-bond acceptors (Lipinski definition) is 3. The second kappa shape index (κ2) is 4.93. The first-order valence-corrected chi connectivity index (χ1v) is 8.13. The molecule has 0 spiro atoms. The van der Waals surface area contributed by atoms with Crippen molar-refractivity contribution >= 4 is 33.3 Å². The molecule has 2 N–H and O–H groups in total. The lowest BCUT2D eigenvalue weighted by molar-refractivity contribution is 0.341. The summed E-state index contributed by atoms with van der Waals surface area (Å²) < 4.78 is 26.8. The van der Waals surface area contributed by atoms with Gasteiger partial charge in [0.25, 0.3) is 10.0 Å². The molecule has 0 aromatic heterocycles. The summed E-state index contributed by atoms with van der Waals surface area (Å²) in [5, 5.41) is 3.36. The molecule has 1 atom stereocenters. The molecule has 0 fully saturated rings. The Labute approximate surface area is 124 Å². The first-order chi connectivity index (χ1) is 9.09. The Balaban J connectivity index is 2.41. The van der Waals surface area contributed by atoms with Gasteiger partial charge < -0.3 is 5.32 Å². The fourth-order valence-electron chi connectivity index (χ4n) is 1.60. The molecule has 1 aromatic rings. The number of sulfonamides is 1. The first-order valence-electron chi connectivity index (χ1n) is 6.27. The van der Waals surface area contributed by atoms with E-state index in [9.17, 15) is 8.42 Å². The molecule has 0 amide bonds. The van der Waals surface area contributed by atoms with Crippen LogP contribution >= 0.6 is 11.6 Å². The highest BCUT2D eigenvalue weighted by Crippen LogP contribution is 2.28. The lowest BCUT2D eigenvalue weighted by Gasteiger charge is -2.27. The molecule has 1 aliphatic heterocycles. The maximum absolute atomic E-state index is 12.2. The van der Waals surface area contributed by atoms with E-state index >= 15 is 0 Å². The highest BCUT2D eigenvalue weighted by atomic mass is 35.5. The topological polar surface area (TPSA) is 70.6 Å². The quantitative estimate of drug-likeness (QED) is 0.837. The molecule has 0 bridgehead atoms. The van der Waals surface area contributed by atoms with Crippen LogP contribution in [0, 0.1) is 5.41 Å². The third kappa shape index (κ3) is 3.07. The molecule has 1 aromatic carbocycles. The minimum atomic E-state index is -3.63. The average molecular weight is 316 g/mol. The lowest BCUT2D eigenvalue weighted by atomic mass is 9.89. The standard InChI is InChI=1S/C13H18ClN3O2S/c1-8(13(2,3)4)15-12-16-10-6-5-9(14)7-11(10)20(18,19)17-12/h5-8H,1-4H3,(H2,15,16,17). The summed E-state index contributed by atoms with van der Waals surface area (Å²) in [4.78, 5) is 4.54. The van der Waals surface area contributed by atoms with Crippen molar-refractivity contribution in [1.82, 2.24) is 4.72 Å². The Morgan fingerprint density at radius 3 is 2.55 bits per heavy atom. The molecule has 0 radical (unpaired) electrons. The van der Waals surface area contributed by atoms with Gasteiger partial charge in [-0.1, -0.05) is 32.4 Å². The maximum Gasteiger partial charge on any atom is 0.266 e. The smallest absolute Gasteiger partial charge is 0.266 e. The zero-order chi connectivity index (χ0) is 15.1. The second-order valence-electron chi connectivity index (χ2n) is 5.89. The zero-order valence-electron chi connectivity index (χ0n) is 11.9. The van der Waals surface area contributed by atoms with Crippen molar-refractivity contribution in [2.45, 2.75) is 38.6 Å². The normalized spacial score (nSPS) is 20.8. The molecule has 2 rings (SSSR count). The predicted molar refractivity (Wildman–Crippen MR) is 81.7 cm³/mol. The van der Waals surface area contributed by atoms with Crippen molar-refractivity contribution in [3.05, 3.63) is 23.2 Å². The van der Waals surface area contributed by atoms with Crippen LogP contribution in [-0.2, 0) is 10.0 Å². The van der Waals surface area contributed by atoms with E-state index in [-0.39, 0.29) is 22.3 Å². The summed E-state index contributed by atoms with van der Waals surface area (Å²) >= 11 is 5.83. The van der Waals surface area contributed by atoms with Crippen molar-refractivity contribution in [2.75, 3.05) is 5.32 Å². The first kappa shape index (κ1) is 15.1. The summed E-state index contributed by atoms with van der Waals surface area (Å²) in [7, 11) is -3.63. The van der Waals surface area contributed by atoms with E-state index < -0.39 is 10.0 Å². The highest BCUT2D eigenvalue weighted by Gasteiger charge is 2.28. The van der Waals surface area contributed by atoms with Crippen molar-refractivity contribution in [3.63, 3.8) is 0 Å². The Morgan fingerprint density at radius 1 is 1.30 bits per heavy atom. The van der Waals surface area contributed by atoms with E-state index in [0.29, 0.717) is 10.7 Å². The molecule has 1 heterocycles. The SMILES string of the molecule is CC(N=C1Nc2ccc(Cl)cc2S(=O)(=O)N1)C(C)(C)C. The Kier molecular flexibility index (Phi) is 3.73. The van der Waals surface area contributed by atoms with Crippen molar-refractivity contribution in [2.24, 2.45) is 10.4 Å². The number of benzene rings is 1. The van der Waals surface area contributed by atoms with Gasteiger partial charge in [-0.05, 0) is 30.5 Å². The van der Waals surface area contributed by atoms with Crippen LogP contribution in [0.15, 0.2) is 28.1 Å². The largest absolute Gasteiger partial charge is 0.324 e. The van der Waals surface area contributed by atoms with Gasteiger partial charge in [-0.15, -0.1) is 0 Å². The second-order valence-corrected chi connectivity index (χ2v) is 7.98. The summed E-state index contributed by atoms with van der Waals surface area (Å²) in [5.41, 5.74) is 0.424. The Morgan fingerprint density at radius 2 is 1.95 bits per heavy atom. The van der Waals surface area contributed by atoms with Gasteiger partial charge in [-0.2, -0.15) is 0 Å². The van der Waals surface area contributed by atoms with E-state index in [2.05, 4.69) is 15.0 Å². The molecule has 0 saturated carbocycles. The van der Waals surface area contributed by atoms with Gasteiger partial charge in [0, 0.05) is 5.02 Å². The fourth-order valence-corrected chi connectivity index (χ4v) is 3.00. The summed E-state index contributed by atoms with van der Waals surface area (Å²) in [5.74, 6) is 0.238. The molecular weight excluding hydrogens is 298 g/mol. The molecule has 1 aliphatic rings. The van der Waals surface area contributed by atoms with E-state index in [4.69, 9.17) is 11.6 Å². The average Bonchev–Trinajstić information content (AvgIpc) is 2.28. The van der Waals surface area contributed by atoms with Crippen molar-refractivity contribution in [1.29, 1.82) is 0 Å². The van der Waals surface area contributed by atoms with Crippen LogP contribution in [0.1, 0.15) is 27.7 Å². The van der Waals surface area contributed by atoms with E-state index in [1.807, 2.05) is 27.7 Å². The number of halogens is 1. The van der Waals surface area contributed by atoms with Crippen LogP contribution in [0.25, 0.3) is 0 Å². The van der Waals surface area contributed by atoms with Gasteiger partial charge in [-0.25, -0.2) is 18.1 Å². The predicted octanol–water partition coefficient (Wildman–Crippen LogP) is 2.83. The Hall–Kier alpha value is -1.27. The van der Waals surface area contributed by atoms with Crippen LogP contribution in [0.5, 0.6) is 0 Å². The molecule has 7 heteroatoms. The number of guanidine groups is 1. The fraction of sp³-hybridized carbons (Fsp3) is 0.462. The van der Waals surface area contributed by atoms with Gasteiger partial charge >= 0.3 is 0 Å². The number of anilines is 1. The molecule has 5 nitrogen and oxygen atoms in total. The van der Waals surface area contributed by atoms with Gasteiger partial charge in [-0.3, -0.25) is 0 Å². The molecule has 0 aliphatic carbocycles. The van der Waals surface area contributed by atoms with Gasteiger partial charge in [0.1, 0.15) is 4.90 Å². The number of rotatable bonds is 1. The third-order valence-corrected chi connectivity index (χ3v) is 4.91. The Bertz CT molecular complexity index is 663. The van der Waals surface area contributed by atoms with Crippen molar-refractivity contribution < 1.29 is 8.42 Å². The van der Waals surface area contributed by atoms with Crippen molar-refractivity contribution in [3.8, 4) is 0 Å². The minimum absolute atomic E-state index is 0.0402. The molecule has 110 valence electrons. The summed E-state index contributed by atoms with van der Waals surface area (Å²) in [6, 6.07) is 4.64. The van der Waals surface area contributed by atoms with Crippen LogP contribution in [0.4, 0.5) is 5.69 Å². The number of hydrogen-bond donors (Lipinski definition) is 2. The van der Waals surface area contributed by atoms with E-state index in [0.717, 1.165) is 0 Å². The third-order valence-electron chi connectivity index (χ3n) is 3.29. The van der Waals surface area contributed by atoms with Crippen LogP contribution < -0.4 is 10.0 Å². The molecular formula is C13H18ClN3O2S. The lowest BCUT2D eigenvalue weighted by Crippen LogP contribution is -2.42. The summed E-state index contributed by atoms with van der Waals surface area (Å²) in [6.07, 6.45) is 0. The monoisotopic (exact) mass is 315 g/mol. The van der Waals surface area contributed by atoms with Gasteiger partial charge in [0.2, 0.25) is 5.96 Å². The summed E-state index contributed by atoms with van der Waals surface area (Å²) in [6.45, 7) is 8.09. The number of nitrogens with zero attached hydrogens (tertiary/aromatic N) is 1. The zero-order valence-corrected chi connectivity index (χ0v) is 13.4. The minimum Gasteiger partial charge on any atom is -0.324 e. The number of aliphatic imine (C=N–C) groups is 1. The van der Waals surface area contributed by atoms with E-state index in [1.54, 1.807) is 12.1 Å². The van der Waals surface area contributed by atoms with Gasteiger partial charge in [0.15, 0.2) is 0 Å². The molecule has 20 heavy (non-hydrogen) atoms. The van der Waals surface area contributed by atoms with Crippen LogP contribution in [-0.4, -0.2) is 20.4 Å². The molecule has 0 saturated heterocycles. The highest BCUT2D eigenvalue weighted by molar-refractivity contribution is 7.90. The van der Waals surface area contributed by atoms with Crippen LogP contribution in [0.3, 0.4) is 0 Å². The van der Waals surface area contributed by atoms with E-state index in [1.165, 1.54) is 6.07 Å². The number of fused-ring (bicyclic) bond motifs is 1.